The normalized spacial score (nSPS) is 9.83. The monoisotopic (exact) mass is 365 g/mol. The average molecular weight is 367 g/mol. The molecule has 18 heavy (non-hydrogen) atoms. The highest BCUT2D eigenvalue weighted by Crippen LogP contribution is 2.30. The summed E-state index contributed by atoms with van der Waals surface area (Å²) in [5, 5.41) is 12.3. The van der Waals surface area contributed by atoms with Gasteiger partial charge in [0, 0.05) is 14.6 Å². The Kier molecular flexibility index (Phi) is 3.90. The van der Waals surface area contributed by atoms with Crippen molar-refractivity contribution in [1.29, 1.82) is 5.26 Å². The summed E-state index contributed by atoms with van der Waals surface area (Å²) in [6, 6.07) is 13.1. The van der Waals surface area contributed by atoms with Crippen LogP contribution in [0.5, 0.6) is 0 Å². The van der Waals surface area contributed by atoms with Crippen LogP contribution in [0.1, 0.15) is 5.56 Å². The lowest BCUT2D eigenvalue weighted by molar-refractivity contribution is 1.45. The first kappa shape index (κ1) is 12.9. The second-order valence-corrected chi connectivity index (χ2v) is 5.44. The second-order valence-electron chi connectivity index (χ2n) is 3.67. The lowest BCUT2D eigenvalue weighted by atomic mass is 10.2. The minimum absolute atomic E-state index is 0.585. The van der Waals surface area contributed by atoms with Crippen molar-refractivity contribution in [3.63, 3.8) is 0 Å². The highest BCUT2D eigenvalue weighted by molar-refractivity contribution is 9.10. The molecule has 0 fully saturated rings. The fourth-order valence-electron chi connectivity index (χ4n) is 1.50. The minimum Gasteiger partial charge on any atom is -0.399 e. The van der Waals surface area contributed by atoms with Gasteiger partial charge in [0.2, 0.25) is 0 Å². The lowest BCUT2D eigenvalue weighted by Crippen LogP contribution is -1.95. The van der Waals surface area contributed by atoms with Crippen LogP contribution in [0.4, 0.5) is 17.1 Å². The van der Waals surface area contributed by atoms with Gasteiger partial charge >= 0.3 is 0 Å². The summed E-state index contributed by atoms with van der Waals surface area (Å²) < 4.78 is 1.77. The average Bonchev–Trinajstić information content (AvgIpc) is 2.33. The number of benzene rings is 2. The molecule has 0 spiro atoms. The summed E-state index contributed by atoms with van der Waals surface area (Å²) in [7, 11) is 0. The van der Waals surface area contributed by atoms with Crippen molar-refractivity contribution < 1.29 is 0 Å². The molecule has 0 saturated heterocycles. The Hall–Kier alpha value is -1.51. The minimum atomic E-state index is 0.585. The molecule has 2 aromatic carbocycles. The van der Waals surface area contributed by atoms with Gasteiger partial charge in [-0.1, -0.05) is 15.9 Å². The summed E-state index contributed by atoms with van der Waals surface area (Å²) >= 11 is 6.82. The molecule has 0 aromatic heterocycles. The maximum absolute atomic E-state index is 9.06. The van der Waals surface area contributed by atoms with Gasteiger partial charge < -0.3 is 11.1 Å². The second kappa shape index (κ2) is 5.42. The molecule has 0 amide bonds. The van der Waals surface area contributed by atoms with Crippen LogP contribution < -0.4 is 11.1 Å². The van der Waals surface area contributed by atoms with Crippen molar-refractivity contribution in [3.05, 3.63) is 50.9 Å². The van der Waals surface area contributed by atoms with E-state index in [0.29, 0.717) is 11.3 Å². The highest BCUT2D eigenvalue weighted by atomic mass is 79.9. The largest absolute Gasteiger partial charge is 0.399 e. The lowest BCUT2D eigenvalue weighted by Gasteiger charge is -2.11. The Balaban J connectivity index is 2.40. The molecule has 3 N–H and O–H groups in total. The number of anilines is 3. The number of nitrogens with zero attached hydrogens (tertiary/aromatic N) is 1. The van der Waals surface area contributed by atoms with Gasteiger partial charge in [-0.3, -0.25) is 0 Å². The Morgan fingerprint density at radius 2 is 1.83 bits per heavy atom. The zero-order valence-electron chi connectivity index (χ0n) is 9.24. The summed E-state index contributed by atoms with van der Waals surface area (Å²) in [6.07, 6.45) is 0. The van der Waals surface area contributed by atoms with E-state index in [2.05, 4.69) is 43.2 Å². The molecule has 5 heteroatoms. The number of nitriles is 1. The van der Waals surface area contributed by atoms with Gasteiger partial charge in [-0.2, -0.15) is 5.26 Å². The van der Waals surface area contributed by atoms with Gasteiger partial charge in [0.05, 0.1) is 16.9 Å². The van der Waals surface area contributed by atoms with E-state index in [9.17, 15) is 0 Å². The van der Waals surface area contributed by atoms with Gasteiger partial charge in [-0.25, -0.2) is 0 Å². The van der Waals surface area contributed by atoms with Gasteiger partial charge in [0.25, 0.3) is 0 Å². The van der Waals surface area contributed by atoms with Crippen molar-refractivity contribution >= 4 is 48.9 Å². The number of hydrogen-bond donors (Lipinski definition) is 2. The summed E-state index contributed by atoms with van der Waals surface area (Å²) in [6.45, 7) is 0. The van der Waals surface area contributed by atoms with E-state index in [-0.39, 0.29) is 0 Å². The zero-order chi connectivity index (χ0) is 13.1. The topological polar surface area (TPSA) is 61.8 Å². The van der Waals surface area contributed by atoms with Crippen LogP contribution in [-0.4, -0.2) is 0 Å². The van der Waals surface area contributed by atoms with Crippen LogP contribution in [0.15, 0.2) is 45.3 Å². The van der Waals surface area contributed by atoms with Crippen LogP contribution in [0.2, 0.25) is 0 Å². The first-order chi connectivity index (χ1) is 8.60. The maximum atomic E-state index is 9.06. The zero-order valence-corrected chi connectivity index (χ0v) is 12.4. The van der Waals surface area contributed by atoms with E-state index in [1.807, 2.05) is 24.3 Å². The molecule has 0 aliphatic carbocycles. The van der Waals surface area contributed by atoms with E-state index in [1.54, 1.807) is 12.1 Å². The third-order valence-corrected chi connectivity index (χ3v) is 3.51. The molecule has 0 aliphatic rings. The molecule has 3 nitrogen and oxygen atoms in total. The SMILES string of the molecule is N#Cc1ccc(Br)cc1Nc1ccc(N)cc1Br. The number of nitrogen functional groups attached to an aromatic ring is 1. The maximum Gasteiger partial charge on any atom is 0.101 e. The summed E-state index contributed by atoms with van der Waals surface area (Å²) in [4.78, 5) is 0. The molecule has 90 valence electrons. The van der Waals surface area contributed by atoms with Gasteiger partial charge in [-0.05, 0) is 52.3 Å². The van der Waals surface area contributed by atoms with Crippen molar-refractivity contribution in [2.75, 3.05) is 11.1 Å². The van der Waals surface area contributed by atoms with Crippen molar-refractivity contribution in [2.45, 2.75) is 0 Å². The Bertz CT molecular complexity index is 633. The molecule has 0 atom stereocenters. The highest BCUT2D eigenvalue weighted by Gasteiger charge is 2.06. The van der Waals surface area contributed by atoms with E-state index < -0.39 is 0 Å². The van der Waals surface area contributed by atoms with E-state index in [1.165, 1.54) is 0 Å². The van der Waals surface area contributed by atoms with E-state index in [4.69, 9.17) is 11.0 Å². The van der Waals surface area contributed by atoms with E-state index in [0.717, 1.165) is 20.3 Å². The summed E-state index contributed by atoms with van der Waals surface area (Å²) in [5.74, 6) is 0. The predicted molar refractivity (Wildman–Crippen MR) is 80.7 cm³/mol. The molecular weight excluding hydrogens is 358 g/mol. The van der Waals surface area contributed by atoms with E-state index >= 15 is 0 Å². The van der Waals surface area contributed by atoms with Crippen molar-refractivity contribution in [3.8, 4) is 6.07 Å². The molecule has 0 aliphatic heterocycles. The molecule has 0 radical (unpaired) electrons. The number of halogens is 2. The smallest absolute Gasteiger partial charge is 0.101 e. The quantitative estimate of drug-likeness (QED) is 0.774. The molecule has 0 heterocycles. The molecular formula is C13H9Br2N3. The fraction of sp³-hybridized carbons (Fsp3) is 0. The summed E-state index contributed by atoms with van der Waals surface area (Å²) in [5.41, 5.74) is 8.56. The third-order valence-electron chi connectivity index (χ3n) is 2.36. The Morgan fingerprint density at radius 1 is 1.06 bits per heavy atom. The van der Waals surface area contributed by atoms with Gasteiger partial charge in [0.15, 0.2) is 0 Å². The molecule has 0 bridgehead atoms. The number of nitrogens with two attached hydrogens (primary N) is 1. The fourth-order valence-corrected chi connectivity index (χ4v) is 2.35. The molecule has 0 unspecified atom stereocenters. The van der Waals surface area contributed by atoms with Crippen molar-refractivity contribution in [2.24, 2.45) is 0 Å². The first-order valence-electron chi connectivity index (χ1n) is 5.12. The number of nitrogens with one attached hydrogen (secondary N) is 1. The number of hydrogen-bond acceptors (Lipinski definition) is 3. The predicted octanol–water partition coefficient (Wildman–Crippen LogP) is 4.41. The van der Waals surface area contributed by atoms with Crippen LogP contribution >= 0.6 is 31.9 Å². The van der Waals surface area contributed by atoms with Crippen LogP contribution in [0.3, 0.4) is 0 Å². The molecule has 2 aromatic rings. The van der Waals surface area contributed by atoms with Crippen LogP contribution in [0.25, 0.3) is 0 Å². The van der Waals surface area contributed by atoms with Crippen LogP contribution in [0, 0.1) is 11.3 Å². The number of rotatable bonds is 2. The Morgan fingerprint density at radius 3 is 2.50 bits per heavy atom. The van der Waals surface area contributed by atoms with Crippen LogP contribution in [-0.2, 0) is 0 Å². The standard InChI is InChI=1S/C13H9Br2N3/c14-9-2-1-8(7-16)13(5-9)18-12-4-3-10(17)6-11(12)15/h1-6,18H,17H2. The Labute approximate surface area is 122 Å². The molecule has 0 saturated carbocycles. The first-order valence-corrected chi connectivity index (χ1v) is 6.70. The van der Waals surface area contributed by atoms with Gasteiger partial charge in [0.1, 0.15) is 6.07 Å². The molecule has 2 rings (SSSR count). The van der Waals surface area contributed by atoms with Crippen molar-refractivity contribution in [1.82, 2.24) is 0 Å². The van der Waals surface area contributed by atoms with Gasteiger partial charge in [-0.15, -0.1) is 0 Å². The third kappa shape index (κ3) is 2.84.